The van der Waals surface area contributed by atoms with Gasteiger partial charge < -0.3 is 24.3 Å². The van der Waals surface area contributed by atoms with Crippen molar-refractivity contribution in [2.75, 3.05) is 10.2 Å². The van der Waals surface area contributed by atoms with Crippen molar-refractivity contribution in [3.63, 3.8) is 0 Å². The lowest BCUT2D eigenvalue weighted by Crippen LogP contribution is -2.60. The Labute approximate surface area is 625 Å². The highest BCUT2D eigenvalue weighted by Crippen LogP contribution is 2.51. The molecule has 20 rings (SSSR count). The summed E-state index contributed by atoms with van der Waals surface area (Å²) >= 11 is 0. The highest BCUT2D eigenvalue weighted by molar-refractivity contribution is 7.00. The van der Waals surface area contributed by atoms with Crippen LogP contribution in [0.2, 0.25) is 0 Å². The molecule has 18 aromatic rings. The van der Waals surface area contributed by atoms with E-state index in [1.165, 1.54) is 11.1 Å². The van der Waals surface area contributed by atoms with Crippen LogP contribution in [-0.4, -0.2) is 20.8 Å². The molecule has 5 nitrogen and oxygen atoms in total. The number of rotatable bonds is 10. The Balaban J connectivity index is 0.928. The summed E-state index contributed by atoms with van der Waals surface area (Å²) in [6.45, 7) is 12.6. The van der Waals surface area contributed by atoms with Crippen LogP contribution in [0, 0.1) is 0 Å². The molecule has 0 unspecified atom stereocenters. The van der Waals surface area contributed by atoms with Crippen molar-refractivity contribution in [3.05, 3.63) is 338 Å². The molecule has 2 aliphatic rings. The van der Waals surface area contributed by atoms with Crippen LogP contribution in [0.25, 0.3) is 144 Å². The summed E-state index contributed by atoms with van der Waals surface area (Å²) in [5.74, 6) is 0. The number of fused-ring (bicyclic) bond motifs is 14. The van der Waals surface area contributed by atoms with Gasteiger partial charge in [0.2, 0.25) is 0 Å². The van der Waals surface area contributed by atoms with Crippen molar-refractivity contribution in [1.29, 1.82) is 0 Å². The molecular formula is C98H74BN5. The average molecular weight is 1350 g/mol. The lowest BCUT2D eigenvalue weighted by Gasteiger charge is -2.41. The van der Waals surface area contributed by atoms with E-state index in [0.29, 0.717) is 16.9 Å². The van der Waals surface area contributed by atoms with E-state index < -0.39 is 73.2 Å². The standard InChI is InChI=1S/C98H74BN5/c1-97(2,3)67-33-24-32-65(54-67)80-57-68(98(4,5)6)46-52-85(80)100-69-47-53-89-81(58-69)82-55-66(62-28-12-8-13-29-62)56-84-95(82)104(89)91-60-86-92(79-41-25-40-78(94(79)101-86)75-37-19-18-36-74(75)73-35-17-16-34-72(73)64-30-14-9-15-31-64)96-93(91)99(84)83-51-50-71(102-87-42-22-20-38-76(87)77-39-21-23-43-88(77)102)59-90(83)103(96)70-48-44-63(45-49-70)61-26-10-7-11-27-61/h7-60,100-101H,1-6H3/i8D,12D,13D,20D,21D,22D,23D,28D,29D,38D,39D,42D,43D. The topological polar surface area (TPSA) is 40.9 Å². The Bertz CT molecular complexity index is 7250. The van der Waals surface area contributed by atoms with E-state index in [1.54, 1.807) is 4.57 Å². The fraction of sp³-hybridized carbons (Fsp3) is 0.0816. The molecule has 0 saturated heterocycles. The molecule has 0 atom stereocenters. The van der Waals surface area contributed by atoms with Crippen molar-refractivity contribution < 1.29 is 17.8 Å². The summed E-state index contributed by atoms with van der Waals surface area (Å²) in [5.41, 5.74) is 23.3. The highest BCUT2D eigenvalue weighted by Gasteiger charge is 2.44. The molecule has 5 heterocycles. The number of hydrogen-bond donors (Lipinski definition) is 2. The van der Waals surface area contributed by atoms with Crippen molar-refractivity contribution in [1.82, 2.24) is 14.1 Å². The van der Waals surface area contributed by atoms with Gasteiger partial charge in [0.1, 0.15) is 0 Å². The Morgan fingerprint density at radius 2 is 0.971 bits per heavy atom. The maximum Gasteiger partial charge on any atom is 0.252 e. The van der Waals surface area contributed by atoms with E-state index in [1.807, 2.05) is 54.6 Å². The van der Waals surface area contributed by atoms with Gasteiger partial charge >= 0.3 is 0 Å². The SMILES string of the molecule is [2H]c1c([2H])c([2H])c(-c2cc3c4c(c2)c2cc(Nc5ccc(C(C)(C)C)cc5-c5cccc(C(C)(C)C)c5)ccc2n4-c2cc4[nH]c5c(-c6ccccc6-c6ccccc6-c6ccccc6)cccc5c4c4c2B3c2ccc(-n3c5c([2H])c([2H])c([2H])c([2H])c5c5c([2H])c([2H])c([2H])c([2H])c53)cc2N4c2ccc(-c3ccccc3)cc2)c([2H])c1[2H]. The number of anilines is 5. The van der Waals surface area contributed by atoms with Gasteiger partial charge in [0, 0.05) is 83.1 Å². The van der Waals surface area contributed by atoms with E-state index in [4.69, 9.17) is 4.11 Å². The quantitative estimate of drug-likeness (QED) is 0.134. The second-order valence-electron chi connectivity index (χ2n) is 29.6. The molecule has 0 spiro atoms. The molecule has 6 heteroatoms. The molecule has 104 heavy (non-hydrogen) atoms. The number of aromatic nitrogens is 3. The van der Waals surface area contributed by atoms with Gasteiger partial charge in [-0.1, -0.05) is 290 Å². The van der Waals surface area contributed by atoms with E-state index >= 15 is 0 Å². The van der Waals surface area contributed by atoms with Gasteiger partial charge in [-0.15, -0.1) is 0 Å². The molecular weight excluding hydrogens is 1260 g/mol. The third-order valence-corrected chi connectivity index (χ3v) is 21.5. The van der Waals surface area contributed by atoms with Gasteiger partial charge in [-0.2, -0.15) is 0 Å². The van der Waals surface area contributed by atoms with Crippen molar-refractivity contribution in [2.45, 2.75) is 52.4 Å². The molecule has 0 aliphatic carbocycles. The summed E-state index contributed by atoms with van der Waals surface area (Å²) < 4.78 is 126. The number of aromatic amines is 1. The molecule has 494 valence electrons. The number of benzene rings is 15. The normalized spacial score (nSPS) is 14.4. The lowest BCUT2D eigenvalue weighted by molar-refractivity contribution is 0.589. The molecule has 0 amide bonds. The summed E-state index contributed by atoms with van der Waals surface area (Å²) in [6.07, 6.45) is 0. The van der Waals surface area contributed by atoms with Gasteiger partial charge in [-0.05, 0) is 173 Å². The fourth-order valence-corrected chi connectivity index (χ4v) is 16.6. The van der Waals surface area contributed by atoms with Crippen LogP contribution in [-0.2, 0) is 10.8 Å². The van der Waals surface area contributed by atoms with Crippen LogP contribution in [0.15, 0.2) is 327 Å². The van der Waals surface area contributed by atoms with Crippen molar-refractivity contribution in [2.24, 2.45) is 0 Å². The molecule has 0 fully saturated rings. The zero-order chi connectivity index (χ0) is 81.0. The van der Waals surface area contributed by atoms with E-state index in [9.17, 15) is 13.7 Å². The third kappa shape index (κ3) is 9.69. The zero-order valence-electron chi connectivity index (χ0n) is 71.1. The molecule has 2 N–H and O–H groups in total. The summed E-state index contributed by atoms with van der Waals surface area (Å²) in [4.78, 5) is 6.39. The summed E-state index contributed by atoms with van der Waals surface area (Å²) in [7, 11) is 0. The van der Waals surface area contributed by atoms with Gasteiger partial charge in [0.15, 0.2) is 0 Å². The second-order valence-corrected chi connectivity index (χ2v) is 29.6. The Morgan fingerprint density at radius 1 is 0.365 bits per heavy atom. The predicted molar refractivity (Wildman–Crippen MR) is 444 cm³/mol. The monoisotopic (exact) mass is 1340 g/mol. The smallest absolute Gasteiger partial charge is 0.252 e. The van der Waals surface area contributed by atoms with Crippen LogP contribution in [0.3, 0.4) is 0 Å². The maximum atomic E-state index is 9.78. The van der Waals surface area contributed by atoms with E-state index in [-0.39, 0.29) is 50.3 Å². The molecule has 0 bridgehead atoms. The molecule has 3 aromatic heterocycles. The van der Waals surface area contributed by atoms with Gasteiger partial charge in [0.25, 0.3) is 6.71 Å². The molecule has 2 aliphatic heterocycles. The van der Waals surface area contributed by atoms with E-state index in [0.717, 1.165) is 144 Å². The number of H-pyrrole nitrogens is 1. The first kappa shape index (κ1) is 49.0. The lowest BCUT2D eigenvalue weighted by atomic mass is 9.33. The van der Waals surface area contributed by atoms with Crippen LogP contribution in [0.1, 0.15) is 70.5 Å². The first-order valence-electron chi connectivity index (χ1n) is 41.9. The zero-order valence-corrected chi connectivity index (χ0v) is 58.1. The largest absolute Gasteiger partial charge is 0.355 e. The van der Waals surface area contributed by atoms with Gasteiger partial charge in [-0.25, -0.2) is 0 Å². The second kappa shape index (κ2) is 23.5. The van der Waals surface area contributed by atoms with Gasteiger partial charge in [0.05, 0.1) is 51.1 Å². The summed E-state index contributed by atoms with van der Waals surface area (Å²) in [6, 6.07) is 80.2. The number of nitrogens with one attached hydrogen (secondary N) is 2. The maximum absolute atomic E-state index is 9.78. The van der Waals surface area contributed by atoms with E-state index in [2.05, 4.69) is 255 Å². The number of hydrogen-bond acceptors (Lipinski definition) is 2. The molecule has 0 saturated carbocycles. The highest BCUT2D eigenvalue weighted by atomic mass is 15.2. The minimum Gasteiger partial charge on any atom is -0.355 e. The minimum absolute atomic E-state index is 0.0275. The Kier molecular flexibility index (Phi) is 11.1. The predicted octanol–water partition coefficient (Wildman–Crippen LogP) is 24.5. The van der Waals surface area contributed by atoms with Crippen LogP contribution < -0.4 is 26.6 Å². The molecule has 15 aromatic carbocycles. The van der Waals surface area contributed by atoms with Crippen LogP contribution in [0.5, 0.6) is 0 Å². The van der Waals surface area contributed by atoms with Crippen molar-refractivity contribution >= 4 is 117 Å². The Hall–Kier alpha value is -12.6. The molecule has 0 radical (unpaired) electrons. The Morgan fingerprint density at radius 3 is 1.69 bits per heavy atom. The first-order chi connectivity index (χ1) is 56.2. The number of para-hydroxylation sites is 3. The van der Waals surface area contributed by atoms with Crippen LogP contribution >= 0.6 is 0 Å². The third-order valence-electron chi connectivity index (χ3n) is 21.5. The fourth-order valence-electron chi connectivity index (χ4n) is 16.6. The van der Waals surface area contributed by atoms with Gasteiger partial charge in [-0.3, -0.25) is 0 Å². The van der Waals surface area contributed by atoms with Crippen molar-refractivity contribution in [3.8, 4) is 78.1 Å². The summed E-state index contributed by atoms with van der Waals surface area (Å²) in [5, 5.41) is 7.13. The first-order valence-corrected chi connectivity index (χ1v) is 35.4. The number of nitrogens with zero attached hydrogens (tertiary/aromatic N) is 3. The van der Waals surface area contributed by atoms with Crippen LogP contribution in [0.4, 0.5) is 28.4 Å². The average Bonchev–Trinajstić information content (AvgIpc) is 1.57. The minimum atomic E-state index is -0.742.